The summed E-state index contributed by atoms with van der Waals surface area (Å²) in [4.78, 5) is 11.7. The van der Waals surface area contributed by atoms with Gasteiger partial charge in [0.05, 0.1) is 0 Å². The number of ketones is 1. The van der Waals surface area contributed by atoms with Crippen molar-refractivity contribution in [3.05, 3.63) is 41.5 Å². The fraction of sp³-hybridized carbons (Fsp3) is 0.357. The fourth-order valence-electron chi connectivity index (χ4n) is 2.10. The molecule has 1 heteroatoms. The van der Waals surface area contributed by atoms with Crippen LogP contribution in [0.25, 0.3) is 6.08 Å². The molecule has 0 amide bonds. The van der Waals surface area contributed by atoms with Gasteiger partial charge >= 0.3 is 0 Å². The molecule has 0 spiro atoms. The van der Waals surface area contributed by atoms with E-state index in [0.717, 1.165) is 30.4 Å². The van der Waals surface area contributed by atoms with E-state index in [9.17, 15) is 4.79 Å². The van der Waals surface area contributed by atoms with Crippen LogP contribution in [-0.2, 0) is 4.79 Å². The molecule has 1 atom stereocenters. The number of hydrogen-bond acceptors (Lipinski definition) is 1. The zero-order valence-electron chi connectivity index (χ0n) is 9.07. The Morgan fingerprint density at radius 1 is 1.27 bits per heavy atom. The molecule has 0 heterocycles. The fourth-order valence-corrected chi connectivity index (χ4v) is 2.10. The van der Waals surface area contributed by atoms with Gasteiger partial charge in [-0.15, -0.1) is 0 Å². The van der Waals surface area contributed by atoms with Gasteiger partial charge in [-0.2, -0.15) is 0 Å². The van der Waals surface area contributed by atoms with E-state index >= 15 is 0 Å². The summed E-state index contributed by atoms with van der Waals surface area (Å²) < 4.78 is 0. The number of hydrogen-bond donors (Lipinski definition) is 0. The van der Waals surface area contributed by atoms with Crippen LogP contribution in [0.15, 0.2) is 35.9 Å². The van der Waals surface area contributed by atoms with E-state index < -0.39 is 0 Å². The van der Waals surface area contributed by atoms with Gasteiger partial charge < -0.3 is 0 Å². The highest BCUT2D eigenvalue weighted by atomic mass is 16.1. The summed E-state index contributed by atoms with van der Waals surface area (Å²) in [7, 11) is 0. The van der Waals surface area contributed by atoms with Crippen LogP contribution >= 0.6 is 0 Å². The Hall–Kier alpha value is -1.37. The molecule has 0 bridgehead atoms. The maximum absolute atomic E-state index is 11.7. The Morgan fingerprint density at radius 3 is 2.67 bits per heavy atom. The molecule has 0 aromatic heterocycles. The maximum atomic E-state index is 11.7. The largest absolute Gasteiger partial charge is 0.295 e. The number of Topliss-reactive ketones (excluding diaryl/α,β-unsaturated/α-hetero) is 1. The lowest BCUT2D eigenvalue weighted by Gasteiger charge is -2.20. The monoisotopic (exact) mass is 200 g/mol. The summed E-state index contributed by atoms with van der Waals surface area (Å²) in [6.45, 7) is 2.14. The molecule has 1 aromatic carbocycles. The first-order valence-electron chi connectivity index (χ1n) is 5.57. The van der Waals surface area contributed by atoms with Gasteiger partial charge in [-0.05, 0) is 36.0 Å². The molecule has 0 aliphatic heterocycles. The van der Waals surface area contributed by atoms with E-state index in [1.807, 2.05) is 36.4 Å². The molecule has 1 aliphatic rings. The van der Waals surface area contributed by atoms with Crippen LogP contribution in [0.5, 0.6) is 0 Å². The van der Waals surface area contributed by atoms with Crippen LogP contribution < -0.4 is 0 Å². The first-order valence-corrected chi connectivity index (χ1v) is 5.57. The van der Waals surface area contributed by atoms with Crippen molar-refractivity contribution in [3.63, 3.8) is 0 Å². The summed E-state index contributed by atoms with van der Waals surface area (Å²) >= 11 is 0. The van der Waals surface area contributed by atoms with Gasteiger partial charge in [-0.1, -0.05) is 37.3 Å². The molecule has 1 aromatic rings. The predicted molar refractivity (Wildman–Crippen MR) is 62.4 cm³/mol. The Bertz CT molecular complexity index is 376. The van der Waals surface area contributed by atoms with Gasteiger partial charge in [0.1, 0.15) is 0 Å². The highest BCUT2D eigenvalue weighted by Gasteiger charge is 2.21. The van der Waals surface area contributed by atoms with Crippen LogP contribution in [0.3, 0.4) is 0 Å². The summed E-state index contributed by atoms with van der Waals surface area (Å²) in [5.74, 6) is 0.754. The third kappa shape index (κ3) is 2.35. The molecular weight excluding hydrogens is 184 g/mol. The summed E-state index contributed by atoms with van der Waals surface area (Å²) in [5.41, 5.74) is 2.14. The summed E-state index contributed by atoms with van der Waals surface area (Å²) in [5, 5.41) is 0. The van der Waals surface area contributed by atoms with Gasteiger partial charge in [0.2, 0.25) is 0 Å². The molecule has 1 fully saturated rings. The molecule has 1 nitrogen and oxygen atoms in total. The second-order valence-corrected chi connectivity index (χ2v) is 4.23. The highest BCUT2D eigenvalue weighted by Crippen LogP contribution is 2.27. The smallest absolute Gasteiger partial charge is 0.159 e. The molecule has 1 saturated carbocycles. The van der Waals surface area contributed by atoms with Gasteiger partial charge in [0.15, 0.2) is 5.78 Å². The van der Waals surface area contributed by atoms with Crippen molar-refractivity contribution in [1.29, 1.82) is 0 Å². The predicted octanol–water partition coefficient (Wildman–Crippen LogP) is 3.46. The van der Waals surface area contributed by atoms with Crippen LogP contribution in [0.2, 0.25) is 0 Å². The Kier molecular flexibility index (Phi) is 3.00. The van der Waals surface area contributed by atoms with Crippen LogP contribution in [-0.4, -0.2) is 5.78 Å². The van der Waals surface area contributed by atoms with Gasteiger partial charge in [-0.3, -0.25) is 4.79 Å². The molecule has 78 valence electrons. The van der Waals surface area contributed by atoms with Crippen molar-refractivity contribution >= 4 is 11.9 Å². The zero-order chi connectivity index (χ0) is 10.7. The minimum absolute atomic E-state index is 0.331. The topological polar surface area (TPSA) is 17.1 Å². The van der Waals surface area contributed by atoms with E-state index in [2.05, 4.69) is 6.92 Å². The van der Waals surface area contributed by atoms with E-state index in [0.29, 0.717) is 11.7 Å². The molecule has 0 saturated heterocycles. The maximum Gasteiger partial charge on any atom is 0.159 e. The minimum Gasteiger partial charge on any atom is -0.295 e. The van der Waals surface area contributed by atoms with Crippen LogP contribution in [0.1, 0.15) is 31.7 Å². The van der Waals surface area contributed by atoms with E-state index in [4.69, 9.17) is 0 Å². The summed E-state index contributed by atoms with van der Waals surface area (Å²) in [6, 6.07) is 10.1. The Morgan fingerprint density at radius 2 is 2.00 bits per heavy atom. The third-order valence-electron chi connectivity index (χ3n) is 3.02. The zero-order valence-corrected chi connectivity index (χ0v) is 9.07. The number of rotatable bonds is 1. The van der Waals surface area contributed by atoms with E-state index in [1.54, 1.807) is 0 Å². The first kappa shape index (κ1) is 10.2. The number of carbonyl (C=O) groups is 1. The molecule has 2 rings (SSSR count). The average molecular weight is 200 g/mol. The Labute approximate surface area is 90.8 Å². The number of carbonyl (C=O) groups excluding carboxylic acids is 1. The second kappa shape index (κ2) is 4.43. The number of benzene rings is 1. The lowest BCUT2D eigenvalue weighted by molar-refractivity contribution is -0.116. The normalized spacial score (nSPS) is 24.5. The van der Waals surface area contributed by atoms with E-state index in [-0.39, 0.29) is 0 Å². The van der Waals surface area contributed by atoms with Crippen molar-refractivity contribution in [1.82, 2.24) is 0 Å². The molecular formula is C14H16O. The van der Waals surface area contributed by atoms with Gasteiger partial charge in [0.25, 0.3) is 0 Å². The first-order chi connectivity index (χ1) is 7.27. The number of allylic oxidation sites excluding steroid dienone is 1. The molecule has 1 aliphatic carbocycles. The highest BCUT2D eigenvalue weighted by molar-refractivity contribution is 6.00. The molecule has 0 N–H and O–H groups in total. The minimum atomic E-state index is 0.331. The van der Waals surface area contributed by atoms with Crippen molar-refractivity contribution in [2.24, 2.45) is 5.92 Å². The van der Waals surface area contributed by atoms with Gasteiger partial charge in [0, 0.05) is 6.42 Å². The average Bonchev–Trinajstić information content (AvgIpc) is 2.25. The van der Waals surface area contributed by atoms with E-state index in [1.165, 1.54) is 0 Å². The van der Waals surface area contributed by atoms with Gasteiger partial charge in [-0.25, -0.2) is 0 Å². The quantitative estimate of drug-likeness (QED) is 0.634. The summed E-state index contributed by atoms with van der Waals surface area (Å²) in [6.07, 6.45) is 4.96. The lowest BCUT2D eigenvalue weighted by atomic mass is 9.83. The molecule has 1 unspecified atom stereocenters. The second-order valence-electron chi connectivity index (χ2n) is 4.23. The molecule has 0 radical (unpaired) electrons. The van der Waals surface area contributed by atoms with Crippen molar-refractivity contribution in [3.8, 4) is 0 Å². The third-order valence-corrected chi connectivity index (χ3v) is 3.02. The van der Waals surface area contributed by atoms with Crippen molar-refractivity contribution < 1.29 is 4.79 Å². The van der Waals surface area contributed by atoms with Crippen molar-refractivity contribution in [2.45, 2.75) is 26.2 Å². The SMILES string of the molecule is CC1CCCC(=O)/C1=C\c1ccccc1. The lowest BCUT2D eigenvalue weighted by Crippen LogP contribution is -2.16. The van der Waals surface area contributed by atoms with Crippen LogP contribution in [0, 0.1) is 5.92 Å². The molecule has 15 heavy (non-hydrogen) atoms. The van der Waals surface area contributed by atoms with Crippen LogP contribution in [0.4, 0.5) is 0 Å². The van der Waals surface area contributed by atoms with Crippen molar-refractivity contribution in [2.75, 3.05) is 0 Å². The standard InChI is InChI=1S/C14H16O/c1-11-6-5-9-14(15)13(11)10-12-7-3-2-4-8-12/h2-4,7-8,10-11H,5-6,9H2,1H3/b13-10-. The Balaban J connectivity index is 2.28.